The van der Waals surface area contributed by atoms with Gasteiger partial charge in [-0.2, -0.15) is 0 Å². The minimum absolute atomic E-state index is 0.0139. The van der Waals surface area contributed by atoms with Crippen molar-refractivity contribution < 1.29 is 18.0 Å². The first-order chi connectivity index (χ1) is 14.8. The molecular formula is C19H24N6O4S2. The Morgan fingerprint density at radius 2 is 2.19 bits per heavy atom. The summed E-state index contributed by atoms with van der Waals surface area (Å²) in [4.78, 5) is 26.7. The van der Waals surface area contributed by atoms with Crippen molar-refractivity contribution in [3.8, 4) is 0 Å². The number of hydrogen-bond acceptors (Lipinski definition) is 9. The van der Waals surface area contributed by atoms with Crippen molar-refractivity contribution >= 4 is 50.0 Å². The van der Waals surface area contributed by atoms with E-state index in [1.165, 1.54) is 34.7 Å². The summed E-state index contributed by atoms with van der Waals surface area (Å²) in [6.07, 6.45) is 3.98. The Kier molecular flexibility index (Phi) is 7.38. The second-order valence-corrected chi connectivity index (χ2v) is 9.22. The van der Waals surface area contributed by atoms with Crippen LogP contribution >= 0.6 is 11.3 Å². The van der Waals surface area contributed by atoms with Gasteiger partial charge >= 0.3 is 0 Å². The molecule has 0 unspecified atom stereocenters. The number of thiazole rings is 1. The molecular weight excluding hydrogens is 440 g/mol. The van der Waals surface area contributed by atoms with Crippen LogP contribution in [-0.4, -0.2) is 49.9 Å². The molecule has 31 heavy (non-hydrogen) atoms. The maximum atomic E-state index is 13.0. The van der Waals surface area contributed by atoms with E-state index in [2.05, 4.69) is 14.7 Å². The number of hydrogen-bond donors (Lipinski definition) is 3. The molecule has 5 N–H and O–H groups in total. The minimum Gasteiger partial charge on any atom is -0.387 e. The fraction of sp³-hybridized carbons (Fsp3) is 0.316. The summed E-state index contributed by atoms with van der Waals surface area (Å²) in [7, 11) is -3.85. The maximum absolute atomic E-state index is 13.0. The molecule has 0 saturated carbocycles. The second kappa shape index (κ2) is 10.0. The highest BCUT2D eigenvalue weighted by molar-refractivity contribution is 7.93. The summed E-state index contributed by atoms with van der Waals surface area (Å²) in [5.41, 5.74) is 12.8. The molecule has 1 aromatic heterocycles. The minimum atomic E-state index is -3.85. The van der Waals surface area contributed by atoms with E-state index >= 15 is 0 Å². The predicted molar refractivity (Wildman–Crippen MR) is 120 cm³/mol. The van der Waals surface area contributed by atoms with Crippen molar-refractivity contribution in [1.82, 2.24) is 10.0 Å². The summed E-state index contributed by atoms with van der Waals surface area (Å²) in [5.74, 6) is -0.139. The van der Waals surface area contributed by atoms with E-state index < -0.39 is 10.0 Å². The van der Waals surface area contributed by atoms with Crippen LogP contribution in [0.5, 0.6) is 0 Å². The molecule has 0 saturated heterocycles. The van der Waals surface area contributed by atoms with Gasteiger partial charge in [0.15, 0.2) is 5.13 Å². The summed E-state index contributed by atoms with van der Waals surface area (Å²) < 4.78 is 27.7. The molecule has 166 valence electrons. The molecule has 0 spiro atoms. The van der Waals surface area contributed by atoms with Gasteiger partial charge in [0.2, 0.25) is 0 Å². The van der Waals surface area contributed by atoms with Crippen LogP contribution in [-0.2, 0) is 19.7 Å². The third-order valence-corrected chi connectivity index (χ3v) is 6.38. The standard InChI is InChI=1S/C19H24N6O4S2/c1-2-7-25(29-8-5-20)18(26)14-10-13-3-4-15(12-16(13)23-17(21)11-14)31(27,28)24-19-22-6-9-30-19/h3-4,6,9-10,12H,2,5,7-8,11,20H2,1H3,(H2,21,23)(H,22,24). The van der Waals surface area contributed by atoms with Gasteiger partial charge < -0.3 is 11.5 Å². The van der Waals surface area contributed by atoms with Crippen LogP contribution in [0, 0.1) is 0 Å². The lowest BCUT2D eigenvalue weighted by molar-refractivity contribution is -0.181. The number of amidine groups is 1. The molecule has 0 fully saturated rings. The number of aliphatic imine (C=N–C) groups is 1. The Morgan fingerprint density at radius 1 is 1.39 bits per heavy atom. The fourth-order valence-corrected chi connectivity index (χ4v) is 4.68. The van der Waals surface area contributed by atoms with Gasteiger partial charge in [0.1, 0.15) is 5.84 Å². The van der Waals surface area contributed by atoms with Crippen molar-refractivity contribution in [3.05, 3.63) is 40.9 Å². The van der Waals surface area contributed by atoms with E-state index in [9.17, 15) is 13.2 Å². The number of hydroxylamine groups is 2. The third kappa shape index (κ3) is 5.67. The summed E-state index contributed by atoms with van der Waals surface area (Å²) >= 11 is 1.17. The molecule has 1 amide bonds. The van der Waals surface area contributed by atoms with Gasteiger partial charge in [-0.25, -0.2) is 23.5 Å². The number of rotatable bonds is 9. The van der Waals surface area contributed by atoms with E-state index in [0.29, 0.717) is 29.8 Å². The van der Waals surface area contributed by atoms with Crippen LogP contribution in [0.4, 0.5) is 10.8 Å². The Balaban J connectivity index is 1.92. The molecule has 10 nitrogen and oxygen atoms in total. The highest BCUT2D eigenvalue weighted by Gasteiger charge is 2.23. The van der Waals surface area contributed by atoms with Crippen LogP contribution in [0.15, 0.2) is 45.2 Å². The van der Waals surface area contributed by atoms with Gasteiger partial charge in [-0.3, -0.25) is 14.4 Å². The van der Waals surface area contributed by atoms with E-state index in [0.717, 1.165) is 0 Å². The molecule has 1 aliphatic rings. The first-order valence-corrected chi connectivity index (χ1v) is 11.9. The number of sulfonamides is 1. The molecule has 2 heterocycles. The van der Waals surface area contributed by atoms with Gasteiger partial charge in [0.05, 0.1) is 17.2 Å². The van der Waals surface area contributed by atoms with Gasteiger partial charge in [-0.05, 0) is 24.6 Å². The summed E-state index contributed by atoms with van der Waals surface area (Å²) in [6, 6.07) is 4.45. The lowest BCUT2D eigenvalue weighted by Gasteiger charge is -2.22. The van der Waals surface area contributed by atoms with Crippen LogP contribution in [0.1, 0.15) is 25.3 Å². The number of amides is 1. The molecule has 2 aromatic rings. The van der Waals surface area contributed by atoms with Crippen molar-refractivity contribution in [2.24, 2.45) is 16.5 Å². The van der Waals surface area contributed by atoms with E-state index in [4.69, 9.17) is 16.3 Å². The first-order valence-electron chi connectivity index (χ1n) is 9.59. The topological polar surface area (TPSA) is 153 Å². The van der Waals surface area contributed by atoms with Crippen LogP contribution in [0.2, 0.25) is 0 Å². The quantitative estimate of drug-likeness (QED) is 0.479. The number of anilines is 1. The van der Waals surface area contributed by atoms with E-state index in [-0.39, 0.29) is 41.3 Å². The lowest BCUT2D eigenvalue weighted by Crippen LogP contribution is -2.35. The number of aromatic nitrogens is 1. The molecule has 0 aliphatic carbocycles. The zero-order chi connectivity index (χ0) is 22.4. The van der Waals surface area contributed by atoms with E-state index in [1.807, 2.05) is 6.92 Å². The second-order valence-electron chi connectivity index (χ2n) is 6.64. The molecule has 0 radical (unpaired) electrons. The molecule has 1 aliphatic heterocycles. The van der Waals surface area contributed by atoms with Gasteiger partial charge in [-0.1, -0.05) is 13.0 Å². The summed E-state index contributed by atoms with van der Waals surface area (Å²) in [5, 5.41) is 3.20. The summed E-state index contributed by atoms with van der Waals surface area (Å²) in [6.45, 7) is 2.83. The number of nitrogens with two attached hydrogens (primary N) is 2. The van der Waals surface area contributed by atoms with Crippen molar-refractivity contribution in [2.75, 3.05) is 24.4 Å². The predicted octanol–water partition coefficient (Wildman–Crippen LogP) is 1.85. The van der Waals surface area contributed by atoms with Crippen molar-refractivity contribution in [2.45, 2.75) is 24.7 Å². The zero-order valence-electron chi connectivity index (χ0n) is 16.9. The number of benzene rings is 1. The molecule has 12 heteroatoms. The SMILES string of the molecule is CCCN(OCCN)C(=O)C1=Cc2ccc(S(=O)(=O)Nc3nccs3)cc2N=C(N)C1. The number of fused-ring (bicyclic) bond motifs is 1. The molecule has 3 rings (SSSR count). The number of carbonyl (C=O) groups is 1. The average Bonchev–Trinajstić information content (AvgIpc) is 3.16. The Morgan fingerprint density at radius 3 is 2.87 bits per heavy atom. The zero-order valence-corrected chi connectivity index (χ0v) is 18.6. The normalized spacial score (nSPS) is 13.6. The average molecular weight is 465 g/mol. The molecule has 0 bridgehead atoms. The number of nitrogens with one attached hydrogen (secondary N) is 1. The lowest BCUT2D eigenvalue weighted by atomic mass is 10.1. The first kappa shape index (κ1) is 22.9. The van der Waals surface area contributed by atoms with Crippen molar-refractivity contribution in [3.63, 3.8) is 0 Å². The van der Waals surface area contributed by atoms with Gasteiger partial charge in [-0.15, -0.1) is 11.3 Å². The molecule has 0 atom stereocenters. The Bertz CT molecular complexity index is 1100. The van der Waals surface area contributed by atoms with Gasteiger partial charge in [0.25, 0.3) is 15.9 Å². The molecule has 1 aromatic carbocycles. The number of carbonyl (C=O) groups excluding carboxylic acids is 1. The monoisotopic (exact) mass is 464 g/mol. The highest BCUT2D eigenvalue weighted by Crippen LogP contribution is 2.30. The van der Waals surface area contributed by atoms with Crippen LogP contribution in [0.3, 0.4) is 0 Å². The number of nitrogens with zero attached hydrogens (tertiary/aromatic N) is 3. The van der Waals surface area contributed by atoms with Gasteiger partial charge in [0, 0.05) is 42.2 Å². The van der Waals surface area contributed by atoms with Crippen LogP contribution in [0.25, 0.3) is 6.08 Å². The Hall–Kier alpha value is -2.80. The Labute approximate surface area is 184 Å². The third-order valence-electron chi connectivity index (χ3n) is 4.22. The van der Waals surface area contributed by atoms with E-state index in [1.54, 1.807) is 17.5 Å². The highest BCUT2D eigenvalue weighted by atomic mass is 32.2. The fourth-order valence-electron chi connectivity index (χ4n) is 2.87. The van der Waals surface area contributed by atoms with Crippen molar-refractivity contribution in [1.29, 1.82) is 0 Å². The van der Waals surface area contributed by atoms with Crippen LogP contribution < -0.4 is 16.2 Å². The maximum Gasteiger partial charge on any atom is 0.273 e. The smallest absolute Gasteiger partial charge is 0.273 e. The largest absolute Gasteiger partial charge is 0.387 e.